The van der Waals surface area contributed by atoms with Gasteiger partial charge in [-0.05, 0) is 48.9 Å². The van der Waals surface area contributed by atoms with Crippen molar-refractivity contribution in [1.29, 1.82) is 0 Å². The molecule has 2 rings (SSSR count). The molecule has 0 radical (unpaired) electrons. The highest BCUT2D eigenvalue weighted by atomic mass is 35.5. The van der Waals surface area contributed by atoms with Crippen molar-refractivity contribution >= 4 is 39.2 Å². The van der Waals surface area contributed by atoms with Crippen LogP contribution < -0.4 is 0 Å². The van der Waals surface area contributed by atoms with Gasteiger partial charge in [0.15, 0.2) is 9.84 Å². The number of benzene rings is 2. The Balaban J connectivity index is 2.57. The summed E-state index contributed by atoms with van der Waals surface area (Å²) in [5.41, 5.74) is 0.497. The second-order valence-electron chi connectivity index (χ2n) is 4.75. The molecule has 0 fully saturated rings. The highest BCUT2D eigenvalue weighted by Crippen LogP contribution is 2.35. The highest BCUT2D eigenvalue weighted by Gasteiger charge is 2.19. The molecule has 7 heteroatoms. The van der Waals surface area contributed by atoms with E-state index in [-0.39, 0.29) is 10.5 Å². The molecule has 0 aromatic heterocycles. The van der Waals surface area contributed by atoms with E-state index in [0.717, 1.165) is 11.2 Å². The van der Waals surface area contributed by atoms with Gasteiger partial charge >= 0.3 is 5.97 Å². The molecule has 0 heterocycles. The molecule has 0 aliphatic rings. The third kappa shape index (κ3) is 3.82. The number of carboxylic acid groups (broad SMARTS) is 1. The summed E-state index contributed by atoms with van der Waals surface area (Å²) in [6.07, 6.45) is 1.06. The van der Waals surface area contributed by atoms with Gasteiger partial charge in [-0.15, -0.1) is 0 Å². The minimum Gasteiger partial charge on any atom is -0.478 e. The summed E-state index contributed by atoms with van der Waals surface area (Å²) >= 11 is 7.08. The first-order valence-corrected chi connectivity index (χ1v) is 9.28. The number of aryl methyl sites for hydroxylation is 1. The topological polar surface area (TPSA) is 71.4 Å². The van der Waals surface area contributed by atoms with Crippen LogP contribution >= 0.6 is 23.4 Å². The number of carbonyl (C=O) groups is 1. The molecule has 0 saturated heterocycles. The number of halogens is 1. The summed E-state index contributed by atoms with van der Waals surface area (Å²) in [7, 11) is -3.54. The van der Waals surface area contributed by atoms with Gasteiger partial charge in [0.25, 0.3) is 0 Å². The van der Waals surface area contributed by atoms with Crippen LogP contribution in [0.15, 0.2) is 51.1 Å². The van der Waals surface area contributed by atoms with Gasteiger partial charge in [-0.1, -0.05) is 23.4 Å². The monoisotopic (exact) mass is 356 g/mol. The number of hydrogen-bond donors (Lipinski definition) is 1. The Hall–Kier alpha value is -1.50. The summed E-state index contributed by atoms with van der Waals surface area (Å²) < 4.78 is 23.9. The Morgan fingerprint density at radius 3 is 2.27 bits per heavy atom. The van der Waals surface area contributed by atoms with Crippen LogP contribution in [0.1, 0.15) is 15.9 Å². The Kier molecular flexibility index (Phi) is 4.84. The van der Waals surface area contributed by atoms with Gasteiger partial charge in [0.1, 0.15) is 0 Å². The number of rotatable bonds is 4. The molecule has 2 aromatic carbocycles. The lowest BCUT2D eigenvalue weighted by Gasteiger charge is -2.11. The maximum atomic E-state index is 12.0. The molecule has 0 spiro atoms. The average molecular weight is 357 g/mol. The molecule has 2 aromatic rings. The fraction of sp³-hybridized carbons (Fsp3) is 0.133. The third-order valence-corrected chi connectivity index (χ3v) is 5.55. The van der Waals surface area contributed by atoms with Gasteiger partial charge in [0.2, 0.25) is 0 Å². The van der Waals surface area contributed by atoms with Crippen molar-refractivity contribution < 1.29 is 18.3 Å². The van der Waals surface area contributed by atoms with Gasteiger partial charge in [0.05, 0.1) is 10.5 Å². The zero-order valence-electron chi connectivity index (χ0n) is 11.8. The fourth-order valence-electron chi connectivity index (χ4n) is 1.89. The van der Waals surface area contributed by atoms with Crippen LogP contribution in [0, 0.1) is 6.92 Å². The summed E-state index contributed by atoms with van der Waals surface area (Å²) in [5.74, 6) is -1.15. The molecule has 1 N–H and O–H groups in total. The molecule has 0 amide bonds. The second kappa shape index (κ2) is 6.32. The number of aromatic carboxylic acids is 1. The van der Waals surface area contributed by atoms with Crippen molar-refractivity contribution in [2.75, 3.05) is 6.26 Å². The van der Waals surface area contributed by atoms with Gasteiger partial charge in [-0.2, -0.15) is 0 Å². The number of carboxylic acids is 1. The van der Waals surface area contributed by atoms with E-state index >= 15 is 0 Å². The van der Waals surface area contributed by atoms with Crippen LogP contribution in [0.3, 0.4) is 0 Å². The van der Waals surface area contributed by atoms with E-state index < -0.39 is 15.8 Å². The second-order valence-corrected chi connectivity index (χ2v) is 8.28. The van der Waals surface area contributed by atoms with Gasteiger partial charge < -0.3 is 5.11 Å². The van der Waals surface area contributed by atoms with E-state index in [1.807, 2.05) is 0 Å². The Morgan fingerprint density at radius 2 is 1.77 bits per heavy atom. The van der Waals surface area contributed by atoms with Crippen molar-refractivity contribution in [2.24, 2.45) is 0 Å². The minimum absolute atomic E-state index is 0.00968. The van der Waals surface area contributed by atoms with Crippen LogP contribution in [0.4, 0.5) is 0 Å². The lowest BCUT2D eigenvalue weighted by molar-refractivity contribution is 0.0695. The van der Waals surface area contributed by atoms with E-state index in [9.17, 15) is 13.2 Å². The van der Waals surface area contributed by atoms with Crippen LogP contribution in [0.2, 0.25) is 5.02 Å². The molecule has 0 unspecified atom stereocenters. The van der Waals surface area contributed by atoms with Crippen LogP contribution in [-0.4, -0.2) is 25.7 Å². The van der Waals surface area contributed by atoms with Crippen molar-refractivity contribution in [1.82, 2.24) is 0 Å². The third-order valence-electron chi connectivity index (χ3n) is 2.96. The lowest BCUT2D eigenvalue weighted by Crippen LogP contribution is -2.06. The van der Waals surface area contributed by atoms with Crippen LogP contribution in [0.25, 0.3) is 0 Å². The van der Waals surface area contributed by atoms with E-state index in [1.165, 1.54) is 17.8 Å². The quantitative estimate of drug-likeness (QED) is 0.899. The molecule has 116 valence electrons. The first-order valence-electron chi connectivity index (χ1n) is 6.20. The molecule has 22 heavy (non-hydrogen) atoms. The molecule has 0 aliphatic carbocycles. The fourth-order valence-corrected chi connectivity index (χ4v) is 4.27. The maximum absolute atomic E-state index is 12.0. The average Bonchev–Trinajstić information content (AvgIpc) is 2.39. The van der Waals surface area contributed by atoms with Crippen LogP contribution in [0.5, 0.6) is 0 Å². The van der Waals surface area contributed by atoms with Gasteiger partial charge in [0, 0.05) is 21.1 Å². The van der Waals surface area contributed by atoms with E-state index in [1.54, 1.807) is 37.3 Å². The normalized spacial score (nSPS) is 11.4. The largest absolute Gasteiger partial charge is 0.478 e. The van der Waals surface area contributed by atoms with Crippen molar-refractivity contribution in [2.45, 2.75) is 21.6 Å². The van der Waals surface area contributed by atoms with Crippen LogP contribution in [-0.2, 0) is 9.84 Å². The molecule has 0 atom stereocenters. The van der Waals surface area contributed by atoms with Crippen molar-refractivity contribution in [3.05, 3.63) is 52.5 Å². The first kappa shape index (κ1) is 16.9. The predicted molar refractivity (Wildman–Crippen MR) is 86.8 cm³/mol. The molecule has 4 nitrogen and oxygen atoms in total. The van der Waals surface area contributed by atoms with E-state index in [2.05, 4.69) is 0 Å². The Labute approximate surface area is 138 Å². The predicted octanol–water partition coefficient (Wildman–Crippen LogP) is 3.90. The maximum Gasteiger partial charge on any atom is 0.335 e. The summed E-state index contributed by atoms with van der Waals surface area (Å²) in [6, 6.07) is 9.77. The SMILES string of the molecule is Cc1cc(Sc2ccc(Cl)cc2)c(S(C)(=O)=O)cc1C(=O)O. The molecular formula is C15H13ClO4S2. The summed E-state index contributed by atoms with van der Waals surface area (Å²) in [6.45, 7) is 1.64. The van der Waals surface area contributed by atoms with Crippen molar-refractivity contribution in [3.63, 3.8) is 0 Å². The first-order chi connectivity index (χ1) is 10.2. The van der Waals surface area contributed by atoms with E-state index in [4.69, 9.17) is 16.7 Å². The Morgan fingerprint density at radius 1 is 1.18 bits per heavy atom. The Bertz CT molecular complexity index is 827. The highest BCUT2D eigenvalue weighted by molar-refractivity contribution is 8.00. The molecule has 0 bridgehead atoms. The van der Waals surface area contributed by atoms with E-state index in [0.29, 0.717) is 15.5 Å². The molecular weight excluding hydrogens is 344 g/mol. The van der Waals surface area contributed by atoms with Gasteiger partial charge in [-0.25, -0.2) is 13.2 Å². The zero-order valence-corrected chi connectivity index (χ0v) is 14.2. The standard InChI is InChI=1S/C15H13ClO4S2/c1-9-7-13(21-11-5-3-10(16)4-6-11)14(22(2,19)20)8-12(9)15(17)18/h3-8H,1-2H3,(H,17,18). The molecule has 0 aliphatic heterocycles. The zero-order chi connectivity index (χ0) is 16.5. The molecule has 0 saturated carbocycles. The lowest BCUT2D eigenvalue weighted by atomic mass is 10.1. The van der Waals surface area contributed by atoms with Gasteiger partial charge in [-0.3, -0.25) is 0 Å². The number of sulfone groups is 1. The number of hydrogen-bond acceptors (Lipinski definition) is 4. The summed E-state index contributed by atoms with van der Waals surface area (Å²) in [5, 5.41) is 9.74. The minimum atomic E-state index is -3.54. The summed E-state index contributed by atoms with van der Waals surface area (Å²) in [4.78, 5) is 12.5. The smallest absolute Gasteiger partial charge is 0.335 e. The van der Waals surface area contributed by atoms with Crippen molar-refractivity contribution in [3.8, 4) is 0 Å².